The quantitative estimate of drug-likeness (QED) is 0.700. The van der Waals surface area contributed by atoms with Crippen LogP contribution in [0.25, 0.3) is 0 Å². The second-order valence-corrected chi connectivity index (χ2v) is 5.41. The zero-order valence-corrected chi connectivity index (χ0v) is 12.2. The van der Waals surface area contributed by atoms with Crippen molar-refractivity contribution < 1.29 is 14.7 Å². The molecule has 0 heterocycles. The summed E-state index contributed by atoms with van der Waals surface area (Å²) in [7, 11) is 1.62. The van der Waals surface area contributed by atoms with E-state index in [1.165, 1.54) is 0 Å². The highest BCUT2D eigenvalue weighted by molar-refractivity contribution is 5.81. The number of hydrogen-bond donors (Lipinski definition) is 3. The number of carbonyl (C=O) groups excluding carboxylic acids is 1. The SMILES string of the molecule is CNC(=O)C(C)(C)CNCc1ccccc1CC(=O)O. The van der Waals surface area contributed by atoms with Gasteiger partial charge >= 0.3 is 5.97 Å². The maximum atomic E-state index is 11.7. The number of amides is 1. The van der Waals surface area contributed by atoms with Gasteiger partial charge in [-0.3, -0.25) is 9.59 Å². The molecule has 1 aromatic carbocycles. The molecule has 110 valence electrons. The molecule has 0 spiro atoms. The number of rotatable bonds is 7. The first-order valence-electron chi connectivity index (χ1n) is 6.58. The second kappa shape index (κ2) is 7.05. The highest BCUT2D eigenvalue weighted by Gasteiger charge is 2.25. The predicted octanol–water partition coefficient (Wildman–Crippen LogP) is 1.18. The smallest absolute Gasteiger partial charge is 0.307 e. The van der Waals surface area contributed by atoms with Crippen molar-refractivity contribution in [3.8, 4) is 0 Å². The van der Waals surface area contributed by atoms with Crippen molar-refractivity contribution in [3.05, 3.63) is 35.4 Å². The van der Waals surface area contributed by atoms with Gasteiger partial charge in [0.25, 0.3) is 0 Å². The molecule has 0 aromatic heterocycles. The Kier molecular flexibility index (Phi) is 5.70. The minimum atomic E-state index is -0.844. The van der Waals surface area contributed by atoms with Crippen molar-refractivity contribution in [3.63, 3.8) is 0 Å². The normalized spacial score (nSPS) is 11.2. The molecule has 0 unspecified atom stereocenters. The van der Waals surface area contributed by atoms with E-state index in [9.17, 15) is 9.59 Å². The van der Waals surface area contributed by atoms with E-state index < -0.39 is 11.4 Å². The van der Waals surface area contributed by atoms with Gasteiger partial charge in [0.15, 0.2) is 0 Å². The van der Waals surface area contributed by atoms with Crippen LogP contribution in [-0.4, -0.2) is 30.6 Å². The van der Waals surface area contributed by atoms with Gasteiger partial charge in [-0.2, -0.15) is 0 Å². The predicted molar refractivity (Wildman–Crippen MR) is 77.3 cm³/mol. The molecule has 0 saturated heterocycles. The molecule has 0 saturated carbocycles. The molecule has 0 aliphatic carbocycles. The summed E-state index contributed by atoms with van der Waals surface area (Å²) in [5.41, 5.74) is 1.24. The Morgan fingerprint density at radius 1 is 1.20 bits per heavy atom. The first-order valence-corrected chi connectivity index (χ1v) is 6.58. The van der Waals surface area contributed by atoms with Gasteiger partial charge < -0.3 is 15.7 Å². The molecule has 1 rings (SSSR count). The average Bonchev–Trinajstić information content (AvgIpc) is 2.39. The standard InChI is InChI=1S/C15H22N2O3/c1-15(2,14(20)16-3)10-17-9-12-7-5-4-6-11(12)8-13(18)19/h4-7,17H,8-10H2,1-3H3,(H,16,20)(H,18,19). The number of hydrogen-bond acceptors (Lipinski definition) is 3. The molecule has 5 nitrogen and oxygen atoms in total. The minimum absolute atomic E-state index is 0.0106. The minimum Gasteiger partial charge on any atom is -0.481 e. The van der Waals surface area contributed by atoms with Crippen molar-refractivity contribution in [2.45, 2.75) is 26.8 Å². The largest absolute Gasteiger partial charge is 0.481 e. The van der Waals surface area contributed by atoms with E-state index in [1.807, 2.05) is 38.1 Å². The van der Waals surface area contributed by atoms with Crippen LogP contribution < -0.4 is 10.6 Å². The van der Waals surface area contributed by atoms with Crippen LogP contribution in [0.1, 0.15) is 25.0 Å². The number of carboxylic acid groups (broad SMARTS) is 1. The van der Waals surface area contributed by atoms with Crippen LogP contribution in [0.5, 0.6) is 0 Å². The van der Waals surface area contributed by atoms with E-state index in [0.717, 1.165) is 11.1 Å². The molecule has 0 aliphatic heterocycles. The summed E-state index contributed by atoms with van der Waals surface area (Å²) >= 11 is 0. The Morgan fingerprint density at radius 2 is 1.80 bits per heavy atom. The number of nitrogens with one attached hydrogen (secondary N) is 2. The molecule has 0 atom stereocenters. The van der Waals surface area contributed by atoms with Crippen LogP contribution >= 0.6 is 0 Å². The maximum absolute atomic E-state index is 11.7. The third kappa shape index (κ3) is 4.66. The van der Waals surface area contributed by atoms with Crippen molar-refractivity contribution in [1.29, 1.82) is 0 Å². The van der Waals surface area contributed by atoms with Crippen LogP contribution in [0.2, 0.25) is 0 Å². The Hall–Kier alpha value is -1.88. The fraction of sp³-hybridized carbons (Fsp3) is 0.467. The van der Waals surface area contributed by atoms with Gasteiger partial charge in [0.2, 0.25) is 5.91 Å². The van der Waals surface area contributed by atoms with E-state index in [2.05, 4.69) is 10.6 Å². The van der Waals surface area contributed by atoms with Crippen LogP contribution in [0.15, 0.2) is 24.3 Å². The number of carboxylic acids is 1. The lowest BCUT2D eigenvalue weighted by molar-refractivity contribution is -0.136. The van der Waals surface area contributed by atoms with Gasteiger partial charge in [-0.05, 0) is 25.0 Å². The average molecular weight is 278 g/mol. The third-order valence-corrected chi connectivity index (χ3v) is 3.18. The molecule has 1 aromatic rings. The Morgan fingerprint density at radius 3 is 2.35 bits per heavy atom. The highest BCUT2D eigenvalue weighted by Crippen LogP contribution is 2.14. The fourth-order valence-electron chi connectivity index (χ4n) is 1.99. The first-order chi connectivity index (χ1) is 9.36. The lowest BCUT2D eigenvalue weighted by Crippen LogP contribution is -2.41. The molecule has 0 fully saturated rings. The molecular weight excluding hydrogens is 256 g/mol. The van der Waals surface area contributed by atoms with E-state index in [1.54, 1.807) is 7.05 Å². The van der Waals surface area contributed by atoms with Gasteiger partial charge in [-0.25, -0.2) is 0 Å². The number of benzene rings is 1. The van der Waals surface area contributed by atoms with Crippen LogP contribution in [0.4, 0.5) is 0 Å². The van der Waals surface area contributed by atoms with Gasteiger partial charge in [0.05, 0.1) is 11.8 Å². The topological polar surface area (TPSA) is 78.4 Å². The van der Waals surface area contributed by atoms with Crippen molar-refractivity contribution >= 4 is 11.9 Å². The molecular formula is C15H22N2O3. The zero-order valence-electron chi connectivity index (χ0n) is 12.2. The number of carbonyl (C=O) groups is 2. The summed E-state index contributed by atoms with van der Waals surface area (Å²) in [5, 5.41) is 14.7. The lowest BCUT2D eigenvalue weighted by atomic mass is 9.92. The molecule has 1 amide bonds. The van der Waals surface area contributed by atoms with Gasteiger partial charge in [-0.15, -0.1) is 0 Å². The summed E-state index contributed by atoms with van der Waals surface area (Å²) < 4.78 is 0. The van der Waals surface area contributed by atoms with Gasteiger partial charge in [0.1, 0.15) is 0 Å². The van der Waals surface area contributed by atoms with Crippen LogP contribution in [0, 0.1) is 5.41 Å². The van der Waals surface area contributed by atoms with Crippen LogP contribution in [-0.2, 0) is 22.6 Å². The summed E-state index contributed by atoms with van der Waals surface area (Å²) in [4.78, 5) is 22.5. The summed E-state index contributed by atoms with van der Waals surface area (Å²) in [6.45, 7) is 4.79. The molecule has 0 bridgehead atoms. The fourth-order valence-corrected chi connectivity index (χ4v) is 1.99. The number of aliphatic carboxylic acids is 1. The lowest BCUT2D eigenvalue weighted by Gasteiger charge is -2.23. The van der Waals surface area contributed by atoms with Crippen molar-refractivity contribution in [1.82, 2.24) is 10.6 Å². The van der Waals surface area contributed by atoms with Crippen molar-refractivity contribution in [2.24, 2.45) is 5.41 Å². The Balaban J connectivity index is 2.62. The van der Waals surface area contributed by atoms with E-state index in [0.29, 0.717) is 13.1 Å². The molecule has 3 N–H and O–H groups in total. The Labute approximate surface area is 119 Å². The Bertz CT molecular complexity index is 484. The van der Waals surface area contributed by atoms with E-state index in [-0.39, 0.29) is 12.3 Å². The molecule has 5 heteroatoms. The monoisotopic (exact) mass is 278 g/mol. The van der Waals surface area contributed by atoms with Gasteiger partial charge in [0, 0.05) is 20.1 Å². The summed E-state index contributed by atoms with van der Waals surface area (Å²) in [6.07, 6.45) is 0.0106. The van der Waals surface area contributed by atoms with Crippen molar-refractivity contribution in [2.75, 3.05) is 13.6 Å². The second-order valence-electron chi connectivity index (χ2n) is 5.41. The molecule has 0 aliphatic rings. The summed E-state index contributed by atoms with van der Waals surface area (Å²) in [6, 6.07) is 7.43. The third-order valence-electron chi connectivity index (χ3n) is 3.18. The molecule has 20 heavy (non-hydrogen) atoms. The summed E-state index contributed by atoms with van der Waals surface area (Å²) in [5.74, 6) is -0.869. The van der Waals surface area contributed by atoms with Crippen LogP contribution in [0.3, 0.4) is 0 Å². The van der Waals surface area contributed by atoms with E-state index >= 15 is 0 Å². The molecule has 0 radical (unpaired) electrons. The first kappa shape index (κ1) is 16.2. The zero-order chi connectivity index (χ0) is 15.2. The van der Waals surface area contributed by atoms with Gasteiger partial charge in [-0.1, -0.05) is 24.3 Å². The highest BCUT2D eigenvalue weighted by atomic mass is 16.4. The van der Waals surface area contributed by atoms with E-state index in [4.69, 9.17) is 5.11 Å². The maximum Gasteiger partial charge on any atom is 0.307 e.